The molecule has 43 heavy (non-hydrogen) atoms. The molecule has 216 valence electrons. The molecule has 3 aliphatic rings. The highest BCUT2D eigenvalue weighted by Crippen LogP contribution is 2.55. The average Bonchev–Trinajstić information content (AvgIpc) is 3.68. The van der Waals surface area contributed by atoms with Crippen LogP contribution in [0.2, 0.25) is 0 Å². The van der Waals surface area contributed by atoms with Crippen LogP contribution in [0.3, 0.4) is 0 Å². The molecule has 0 saturated carbocycles. The number of nitrogens with zero attached hydrogens (tertiary/aromatic N) is 3. The molecule has 0 aliphatic carbocycles. The molecule has 8 heteroatoms. The number of aliphatic hydroxyl groups excluding tert-OH is 1. The first-order valence-electron chi connectivity index (χ1n) is 14.9. The Hall–Kier alpha value is -4.21. The van der Waals surface area contributed by atoms with Gasteiger partial charge in [-0.25, -0.2) is 0 Å². The van der Waals surface area contributed by atoms with Gasteiger partial charge < -0.3 is 28.6 Å². The number of carbonyl (C=O) groups is 1. The molecule has 5 heterocycles. The normalized spacial score (nSPS) is 26.0. The molecule has 5 atom stereocenters. The van der Waals surface area contributed by atoms with Gasteiger partial charge in [-0.1, -0.05) is 54.6 Å². The summed E-state index contributed by atoms with van der Waals surface area (Å²) in [6.45, 7) is 2.68. The summed E-state index contributed by atoms with van der Waals surface area (Å²) in [6.07, 6.45) is -1.09. The fourth-order valence-corrected chi connectivity index (χ4v) is 8.46. The van der Waals surface area contributed by atoms with Crippen molar-refractivity contribution in [3.05, 3.63) is 95.6 Å². The van der Waals surface area contributed by atoms with Crippen LogP contribution in [0, 0.1) is 0 Å². The van der Waals surface area contributed by atoms with Crippen LogP contribution in [0.15, 0.2) is 78.9 Å². The predicted molar refractivity (Wildman–Crippen MR) is 166 cm³/mol. The summed E-state index contributed by atoms with van der Waals surface area (Å²) in [5, 5.41) is 19.1. The highest BCUT2D eigenvalue weighted by Gasteiger charge is 2.55. The number of likely N-dealkylation sites (N-methyl/N-ethyl adjacent to an activating group) is 1. The van der Waals surface area contributed by atoms with Gasteiger partial charge in [0.05, 0.1) is 28.1 Å². The molecule has 2 aromatic heterocycles. The van der Waals surface area contributed by atoms with E-state index in [1.54, 1.807) is 7.11 Å². The number of methoxy groups -OCH3 is 1. The van der Waals surface area contributed by atoms with Gasteiger partial charge in [0, 0.05) is 59.8 Å². The number of fused-ring (bicyclic) bond motifs is 13. The van der Waals surface area contributed by atoms with Crippen molar-refractivity contribution in [2.24, 2.45) is 0 Å². The van der Waals surface area contributed by atoms with Crippen LogP contribution in [-0.2, 0) is 21.7 Å². The highest BCUT2D eigenvalue weighted by atomic mass is 16.6. The van der Waals surface area contributed by atoms with Gasteiger partial charge in [-0.3, -0.25) is 10.1 Å². The number of rotatable bonds is 3. The summed E-state index contributed by atoms with van der Waals surface area (Å²) in [5.74, 6) is -0.0504. The third-order valence-corrected chi connectivity index (χ3v) is 10.2. The van der Waals surface area contributed by atoms with Crippen LogP contribution in [0.5, 0.6) is 0 Å². The van der Waals surface area contributed by atoms with Crippen molar-refractivity contribution >= 4 is 49.5 Å². The number of nitrogens with one attached hydrogen (secondary N) is 1. The third kappa shape index (κ3) is 3.06. The second-order valence-corrected chi connectivity index (χ2v) is 12.2. The van der Waals surface area contributed by atoms with Gasteiger partial charge in [0.25, 0.3) is 5.91 Å². The number of aromatic nitrogens is 2. The Labute approximate surface area is 248 Å². The summed E-state index contributed by atoms with van der Waals surface area (Å²) in [5.41, 5.74) is 5.96. The number of benzene rings is 4. The van der Waals surface area contributed by atoms with Gasteiger partial charge in [-0.05, 0) is 36.8 Å². The zero-order chi connectivity index (χ0) is 29.2. The maximum Gasteiger partial charge on any atom is 0.253 e. The van der Waals surface area contributed by atoms with E-state index in [0.717, 1.165) is 54.7 Å². The standard InChI is InChI=1S/C35H32N4O4/c1-35-32(42-3)25(37(2)34(41)19-11-5-4-6-12-19)17-26(43-35)38-23-15-9-7-13-20(23)28-29-22(18-36-33(29)40)27-21-14-8-10-16-24(21)39(35)31(27)30(28)38/h4-16,25-26,32-33,36,40H,17-18H2,1-3H3/t25-,26-,32-,33?,35+/m1/s1. The minimum atomic E-state index is -0.957. The molecule has 2 bridgehead atoms. The van der Waals surface area contributed by atoms with Crippen LogP contribution in [-0.4, -0.2) is 51.4 Å². The number of aliphatic hydroxyl groups is 1. The number of carbonyl (C=O) groups excluding carboxylic acids is 1. The quantitative estimate of drug-likeness (QED) is 0.282. The van der Waals surface area contributed by atoms with Gasteiger partial charge in [0.1, 0.15) is 18.6 Å². The SMILES string of the molecule is CO[C@@H]1[C@H](N(C)C(=O)c2ccccc2)C[C@H]2O[C@]1(C)n1c3ccccc3c3c4c(c5c6ccccc6n2c5c31)C(O)NC4. The van der Waals surface area contributed by atoms with Gasteiger partial charge in [0.2, 0.25) is 0 Å². The molecule has 0 spiro atoms. The van der Waals surface area contributed by atoms with Gasteiger partial charge >= 0.3 is 0 Å². The fraction of sp³-hybridized carbons (Fsp3) is 0.286. The van der Waals surface area contributed by atoms with Crippen molar-refractivity contribution in [3.8, 4) is 0 Å². The van der Waals surface area contributed by atoms with E-state index in [2.05, 4.69) is 69.9 Å². The van der Waals surface area contributed by atoms with E-state index < -0.39 is 18.1 Å². The van der Waals surface area contributed by atoms with Crippen molar-refractivity contribution in [1.29, 1.82) is 0 Å². The number of ether oxygens (including phenoxy) is 2. The van der Waals surface area contributed by atoms with E-state index in [-0.39, 0.29) is 18.2 Å². The molecule has 1 fully saturated rings. The molecule has 1 unspecified atom stereocenters. The zero-order valence-electron chi connectivity index (χ0n) is 24.2. The van der Waals surface area contributed by atoms with Crippen molar-refractivity contribution in [3.63, 3.8) is 0 Å². The Morgan fingerprint density at radius 1 is 0.977 bits per heavy atom. The molecular weight excluding hydrogens is 540 g/mol. The zero-order valence-corrected chi connectivity index (χ0v) is 24.2. The second kappa shape index (κ2) is 8.67. The van der Waals surface area contributed by atoms with Crippen molar-refractivity contribution in [1.82, 2.24) is 19.4 Å². The van der Waals surface area contributed by atoms with Crippen molar-refractivity contribution in [2.75, 3.05) is 14.2 Å². The summed E-state index contributed by atoms with van der Waals surface area (Å²) >= 11 is 0. The maximum absolute atomic E-state index is 13.9. The van der Waals surface area contributed by atoms with Gasteiger partial charge in [0.15, 0.2) is 5.72 Å². The predicted octanol–water partition coefficient (Wildman–Crippen LogP) is 5.76. The van der Waals surface area contributed by atoms with E-state index in [9.17, 15) is 9.90 Å². The minimum absolute atomic E-state index is 0.0504. The van der Waals surface area contributed by atoms with E-state index in [0.29, 0.717) is 18.5 Å². The van der Waals surface area contributed by atoms with Gasteiger partial charge in [-0.15, -0.1) is 0 Å². The van der Waals surface area contributed by atoms with E-state index in [1.807, 2.05) is 42.3 Å². The Balaban J connectivity index is 1.42. The summed E-state index contributed by atoms with van der Waals surface area (Å²) < 4.78 is 18.3. The van der Waals surface area contributed by atoms with Crippen LogP contribution in [0.4, 0.5) is 0 Å². The van der Waals surface area contributed by atoms with Crippen molar-refractivity contribution < 1.29 is 19.4 Å². The first-order chi connectivity index (χ1) is 20.9. The Bertz CT molecular complexity index is 2130. The monoisotopic (exact) mass is 572 g/mol. The lowest BCUT2D eigenvalue weighted by molar-refractivity contribution is -0.264. The highest BCUT2D eigenvalue weighted by molar-refractivity contribution is 6.25. The fourth-order valence-electron chi connectivity index (χ4n) is 8.46. The summed E-state index contributed by atoms with van der Waals surface area (Å²) in [4.78, 5) is 15.7. The molecular formula is C35H32N4O4. The van der Waals surface area contributed by atoms with E-state index >= 15 is 0 Å². The van der Waals surface area contributed by atoms with Crippen LogP contribution < -0.4 is 5.32 Å². The molecule has 6 aromatic rings. The lowest BCUT2D eigenvalue weighted by Crippen LogP contribution is -2.61. The average molecular weight is 573 g/mol. The van der Waals surface area contributed by atoms with E-state index in [1.165, 1.54) is 0 Å². The molecule has 4 aromatic carbocycles. The Morgan fingerprint density at radius 3 is 2.40 bits per heavy atom. The lowest BCUT2D eigenvalue weighted by atomic mass is 9.91. The van der Waals surface area contributed by atoms with Crippen LogP contribution >= 0.6 is 0 Å². The number of amides is 1. The third-order valence-electron chi connectivity index (χ3n) is 10.2. The molecule has 1 amide bonds. The summed E-state index contributed by atoms with van der Waals surface area (Å²) in [6, 6.07) is 26.0. The Morgan fingerprint density at radius 2 is 1.65 bits per heavy atom. The largest absolute Gasteiger partial charge is 0.374 e. The van der Waals surface area contributed by atoms with Gasteiger partial charge in [-0.2, -0.15) is 0 Å². The van der Waals surface area contributed by atoms with Crippen LogP contribution in [0.25, 0.3) is 43.6 Å². The smallest absolute Gasteiger partial charge is 0.253 e. The second-order valence-electron chi connectivity index (χ2n) is 12.2. The number of hydrogen-bond acceptors (Lipinski definition) is 5. The minimum Gasteiger partial charge on any atom is -0.374 e. The Kier molecular flexibility index (Phi) is 5.10. The molecule has 0 radical (unpaired) electrons. The van der Waals surface area contributed by atoms with Crippen LogP contribution in [0.1, 0.15) is 47.3 Å². The van der Waals surface area contributed by atoms with Crippen molar-refractivity contribution in [2.45, 2.75) is 50.2 Å². The number of hydrogen-bond donors (Lipinski definition) is 2. The number of para-hydroxylation sites is 2. The maximum atomic E-state index is 13.9. The lowest BCUT2D eigenvalue weighted by Gasteiger charge is -2.50. The molecule has 2 N–H and O–H groups in total. The molecule has 3 aliphatic heterocycles. The molecule has 1 saturated heterocycles. The van der Waals surface area contributed by atoms with E-state index in [4.69, 9.17) is 9.47 Å². The molecule has 9 rings (SSSR count). The first kappa shape index (κ1) is 25.3. The summed E-state index contributed by atoms with van der Waals surface area (Å²) in [7, 11) is 3.60. The first-order valence-corrected chi connectivity index (χ1v) is 14.9. The molecule has 8 nitrogen and oxygen atoms in total. The topological polar surface area (TPSA) is 80.9 Å².